The van der Waals surface area contributed by atoms with Gasteiger partial charge in [0.2, 0.25) is 0 Å². The lowest BCUT2D eigenvalue weighted by Crippen LogP contribution is -2.08. The second kappa shape index (κ2) is 4.87. The monoisotopic (exact) mass is 227 g/mol. The molecule has 0 spiro atoms. The van der Waals surface area contributed by atoms with E-state index in [1.807, 2.05) is 43.5 Å². The van der Waals surface area contributed by atoms with Crippen LogP contribution < -0.4 is 11.1 Å². The van der Waals surface area contributed by atoms with Gasteiger partial charge in [-0.25, -0.2) is 0 Å². The van der Waals surface area contributed by atoms with Gasteiger partial charge in [-0.05, 0) is 49.7 Å². The molecule has 0 radical (unpaired) electrons. The van der Waals surface area contributed by atoms with Crippen molar-refractivity contribution in [3.05, 3.63) is 53.9 Å². The second-order valence-corrected chi connectivity index (χ2v) is 4.19. The van der Waals surface area contributed by atoms with Crippen molar-refractivity contribution in [3.63, 3.8) is 0 Å². The molecular formula is C14H17N3. The quantitative estimate of drug-likeness (QED) is 0.792. The molecule has 0 bridgehead atoms. The average Bonchev–Trinajstić information content (AvgIpc) is 2.35. The van der Waals surface area contributed by atoms with Gasteiger partial charge < -0.3 is 11.1 Å². The summed E-state index contributed by atoms with van der Waals surface area (Å²) < 4.78 is 0. The topological polar surface area (TPSA) is 50.9 Å². The molecule has 3 N–H and O–H groups in total. The summed E-state index contributed by atoms with van der Waals surface area (Å²) in [5.74, 6) is 0. The van der Waals surface area contributed by atoms with Crippen LogP contribution >= 0.6 is 0 Å². The fourth-order valence-electron chi connectivity index (χ4n) is 1.72. The maximum absolute atomic E-state index is 5.79. The maximum Gasteiger partial charge on any atom is 0.0657 e. The summed E-state index contributed by atoms with van der Waals surface area (Å²) in [6, 6.07) is 12.1. The van der Waals surface area contributed by atoms with Crippen LogP contribution in [0.3, 0.4) is 0 Å². The summed E-state index contributed by atoms with van der Waals surface area (Å²) >= 11 is 0. The first-order valence-corrected chi connectivity index (χ1v) is 5.70. The first-order chi connectivity index (χ1) is 8.16. The van der Waals surface area contributed by atoms with E-state index in [4.69, 9.17) is 5.73 Å². The van der Waals surface area contributed by atoms with Crippen molar-refractivity contribution in [2.75, 3.05) is 11.1 Å². The molecule has 1 atom stereocenters. The number of benzene rings is 1. The molecule has 2 aromatic rings. The van der Waals surface area contributed by atoms with Crippen LogP contribution in [0.2, 0.25) is 0 Å². The highest BCUT2D eigenvalue weighted by Crippen LogP contribution is 2.21. The van der Waals surface area contributed by atoms with Crippen molar-refractivity contribution in [2.24, 2.45) is 0 Å². The minimum absolute atomic E-state index is 0.180. The summed E-state index contributed by atoms with van der Waals surface area (Å²) in [5, 5.41) is 3.41. The molecule has 2 rings (SSSR count). The highest BCUT2D eigenvalue weighted by molar-refractivity contribution is 5.57. The van der Waals surface area contributed by atoms with E-state index in [2.05, 4.69) is 23.3 Å². The van der Waals surface area contributed by atoms with Gasteiger partial charge in [0.15, 0.2) is 0 Å². The molecule has 0 saturated carbocycles. The molecule has 1 unspecified atom stereocenters. The second-order valence-electron chi connectivity index (χ2n) is 4.19. The van der Waals surface area contributed by atoms with Crippen LogP contribution in [0.25, 0.3) is 0 Å². The molecule has 0 saturated heterocycles. The van der Waals surface area contributed by atoms with E-state index in [0.717, 1.165) is 22.6 Å². The van der Waals surface area contributed by atoms with Gasteiger partial charge in [0, 0.05) is 17.6 Å². The Balaban J connectivity index is 2.13. The van der Waals surface area contributed by atoms with Crippen LogP contribution in [0, 0.1) is 6.92 Å². The zero-order chi connectivity index (χ0) is 12.3. The predicted octanol–water partition coefficient (Wildman–Crippen LogP) is 3.15. The van der Waals surface area contributed by atoms with Crippen LogP contribution in [0.1, 0.15) is 24.2 Å². The third-order valence-electron chi connectivity index (χ3n) is 2.78. The molecule has 0 aliphatic rings. The molecule has 1 aromatic carbocycles. The van der Waals surface area contributed by atoms with E-state index < -0.39 is 0 Å². The average molecular weight is 227 g/mol. The van der Waals surface area contributed by atoms with Gasteiger partial charge in [-0.3, -0.25) is 4.98 Å². The Kier molecular flexibility index (Phi) is 3.28. The van der Waals surface area contributed by atoms with Gasteiger partial charge in [-0.2, -0.15) is 0 Å². The van der Waals surface area contributed by atoms with Crippen LogP contribution in [-0.4, -0.2) is 4.98 Å². The Morgan fingerprint density at radius 3 is 2.71 bits per heavy atom. The maximum atomic E-state index is 5.79. The lowest BCUT2D eigenvalue weighted by molar-refractivity contribution is 0.839. The zero-order valence-electron chi connectivity index (χ0n) is 10.1. The fraction of sp³-hybridized carbons (Fsp3) is 0.214. The van der Waals surface area contributed by atoms with E-state index >= 15 is 0 Å². The lowest BCUT2D eigenvalue weighted by atomic mass is 10.1. The van der Waals surface area contributed by atoms with E-state index in [0.29, 0.717) is 0 Å². The fourth-order valence-corrected chi connectivity index (χ4v) is 1.72. The molecule has 3 nitrogen and oxygen atoms in total. The van der Waals surface area contributed by atoms with Gasteiger partial charge in [-0.15, -0.1) is 0 Å². The van der Waals surface area contributed by atoms with Crippen molar-refractivity contribution in [2.45, 2.75) is 19.9 Å². The molecule has 1 aromatic heterocycles. The predicted molar refractivity (Wildman–Crippen MR) is 71.9 cm³/mol. The standard InChI is InChI=1S/C14H17N3/c1-10-9-12(6-7-13(10)15)17-11(2)14-5-3-4-8-16-14/h3-9,11,17H,15H2,1-2H3. The zero-order valence-corrected chi connectivity index (χ0v) is 10.1. The van der Waals surface area contributed by atoms with E-state index in [9.17, 15) is 0 Å². The number of nitrogens with two attached hydrogens (primary N) is 1. The Bertz CT molecular complexity index is 494. The molecule has 3 heteroatoms. The van der Waals surface area contributed by atoms with Crippen molar-refractivity contribution in [1.29, 1.82) is 0 Å². The largest absolute Gasteiger partial charge is 0.399 e. The Morgan fingerprint density at radius 1 is 1.24 bits per heavy atom. The van der Waals surface area contributed by atoms with Gasteiger partial charge in [0.05, 0.1) is 11.7 Å². The number of nitrogen functional groups attached to an aromatic ring is 1. The third kappa shape index (κ3) is 2.75. The van der Waals surface area contributed by atoms with Crippen LogP contribution in [0.15, 0.2) is 42.6 Å². The molecule has 0 fully saturated rings. The molecule has 0 aliphatic heterocycles. The lowest BCUT2D eigenvalue weighted by Gasteiger charge is -2.15. The third-order valence-corrected chi connectivity index (χ3v) is 2.78. The Morgan fingerprint density at radius 2 is 2.06 bits per heavy atom. The number of rotatable bonds is 3. The van der Waals surface area contributed by atoms with Gasteiger partial charge in [0.1, 0.15) is 0 Å². The summed E-state index contributed by atoms with van der Waals surface area (Å²) in [7, 11) is 0. The molecular weight excluding hydrogens is 210 g/mol. The number of hydrogen-bond donors (Lipinski definition) is 2. The van der Waals surface area contributed by atoms with E-state index in [1.165, 1.54) is 0 Å². The molecule has 0 aliphatic carbocycles. The highest BCUT2D eigenvalue weighted by atomic mass is 14.9. The molecule has 1 heterocycles. The number of nitrogens with zero attached hydrogens (tertiary/aromatic N) is 1. The minimum atomic E-state index is 0.180. The van der Waals surface area contributed by atoms with Crippen LogP contribution in [0.5, 0.6) is 0 Å². The first-order valence-electron chi connectivity index (χ1n) is 5.70. The molecule has 88 valence electrons. The number of aryl methyl sites for hydroxylation is 1. The minimum Gasteiger partial charge on any atom is -0.399 e. The van der Waals surface area contributed by atoms with Crippen molar-refractivity contribution >= 4 is 11.4 Å². The summed E-state index contributed by atoms with van der Waals surface area (Å²) in [6.45, 7) is 4.10. The first kappa shape index (κ1) is 11.5. The number of anilines is 2. The number of nitrogens with one attached hydrogen (secondary N) is 1. The number of hydrogen-bond acceptors (Lipinski definition) is 3. The normalized spacial score (nSPS) is 12.1. The summed E-state index contributed by atoms with van der Waals surface area (Å²) in [4.78, 5) is 4.33. The van der Waals surface area contributed by atoms with Crippen LogP contribution in [0.4, 0.5) is 11.4 Å². The number of pyridine rings is 1. The van der Waals surface area contributed by atoms with Gasteiger partial charge in [0.25, 0.3) is 0 Å². The van der Waals surface area contributed by atoms with Crippen molar-refractivity contribution in [1.82, 2.24) is 4.98 Å². The SMILES string of the molecule is Cc1cc(NC(C)c2ccccn2)ccc1N. The summed E-state index contributed by atoms with van der Waals surface area (Å²) in [5.41, 5.74) is 9.79. The smallest absolute Gasteiger partial charge is 0.0657 e. The van der Waals surface area contributed by atoms with Crippen molar-refractivity contribution < 1.29 is 0 Å². The Labute approximate surface area is 102 Å². The van der Waals surface area contributed by atoms with Gasteiger partial charge in [-0.1, -0.05) is 6.07 Å². The number of aromatic nitrogens is 1. The summed E-state index contributed by atoms with van der Waals surface area (Å²) in [6.07, 6.45) is 1.81. The molecule has 0 amide bonds. The molecule has 17 heavy (non-hydrogen) atoms. The van der Waals surface area contributed by atoms with Crippen molar-refractivity contribution in [3.8, 4) is 0 Å². The van der Waals surface area contributed by atoms with Crippen LogP contribution in [-0.2, 0) is 0 Å². The Hall–Kier alpha value is -2.03. The van der Waals surface area contributed by atoms with E-state index in [1.54, 1.807) is 0 Å². The van der Waals surface area contributed by atoms with Gasteiger partial charge >= 0.3 is 0 Å². The highest BCUT2D eigenvalue weighted by Gasteiger charge is 2.06. The van der Waals surface area contributed by atoms with E-state index in [-0.39, 0.29) is 6.04 Å².